The number of aliphatic hydroxyl groups is 8. The van der Waals surface area contributed by atoms with Crippen molar-refractivity contribution in [2.45, 2.75) is 319 Å². The molecule has 0 bridgehead atoms. The van der Waals surface area contributed by atoms with Crippen LogP contribution >= 0.6 is 0 Å². The largest absolute Gasteiger partial charge is 0.394 e. The molecule has 12 atom stereocenters. The van der Waals surface area contributed by atoms with Crippen LogP contribution in [0.1, 0.15) is 245 Å². The molecule has 2 fully saturated rings. The fraction of sp³-hybridized carbons (Fsp3) is 0.828. The van der Waals surface area contributed by atoms with E-state index in [4.69, 9.17) is 18.9 Å². The first-order valence-corrected chi connectivity index (χ1v) is 31.5. The van der Waals surface area contributed by atoms with Crippen LogP contribution in [0.5, 0.6) is 0 Å². The zero-order valence-corrected chi connectivity index (χ0v) is 48.9. The molecule has 0 spiro atoms. The predicted octanol–water partition coefficient (Wildman–Crippen LogP) is 11.3. The Kier molecular flexibility index (Phi) is 45.4. The number of hydrogen-bond donors (Lipinski definition) is 9. The minimum absolute atomic E-state index is 0.258. The lowest BCUT2D eigenvalue weighted by Gasteiger charge is -2.46. The van der Waals surface area contributed by atoms with Crippen LogP contribution in [0.25, 0.3) is 0 Å². The lowest BCUT2D eigenvalue weighted by molar-refractivity contribution is -0.359. The van der Waals surface area contributed by atoms with Crippen LogP contribution in [0.15, 0.2) is 60.8 Å². The van der Waals surface area contributed by atoms with Gasteiger partial charge in [-0.25, -0.2) is 0 Å². The smallest absolute Gasteiger partial charge is 0.220 e. The number of carbonyl (C=O) groups excluding carboxylic acids is 1. The molecular formula is C64H115NO13. The maximum atomic E-state index is 13.3. The summed E-state index contributed by atoms with van der Waals surface area (Å²) in [5.41, 5.74) is 0. The molecule has 2 saturated heterocycles. The van der Waals surface area contributed by atoms with E-state index in [-0.39, 0.29) is 18.9 Å². The summed E-state index contributed by atoms with van der Waals surface area (Å²) in [4.78, 5) is 13.3. The van der Waals surface area contributed by atoms with Crippen LogP contribution in [0.3, 0.4) is 0 Å². The van der Waals surface area contributed by atoms with Crippen molar-refractivity contribution in [3.8, 4) is 0 Å². The van der Waals surface area contributed by atoms with Gasteiger partial charge in [-0.05, 0) is 77.0 Å². The van der Waals surface area contributed by atoms with Gasteiger partial charge >= 0.3 is 0 Å². The first kappa shape index (κ1) is 71.8. The van der Waals surface area contributed by atoms with Gasteiger partial charge in [-0.2, -0.15) is 0 Å². The Morgan fingerprint density at radius 3 is 1.33 bits per heavy atom. The molecule has 0 radical (unpaired) electrons. The molecule has 14 heteroatoms. The Balaban J connectivity index is 1.78. The van der Waals surface area contributed by atoms with Crippen molar-refractivity contribution in [2.24, 2.45) is 0 Å². The fourth-order valence-corrected chi connectivity index (χ4v) is 10.1. The number of carbonyl (C=O) groups is 1. The van der Waals surface area contributed by atoms with Crippen molar-refractivity contribution in [2.75, 3.05) is 19.8 Å². The second kappa shape index (κ2) is 49.3. The molecule has 2 rings (SSSR count). The summed E-state index contributed by atoms with van der Waals surface area (Å²) in [5.74, 6) is -0.258. The van der Waals surface area contributed by atoms with Gasteiger partial charge in [-0.3, -0.25) is 4.79 Å². The predicted molar refractivity (Wildman–Crippen MR) is 314 cm³/mol. The van der Waals surface area contributed by atoms with Gasteiger partial charge in [0, 0.05) is 6.42 Å². The standard InChI is InChI=1S/C64H115NO13/c1-3-5-7-9-11-13-15-17-19-21-23-25-26-28-29-31-33-35-37-39-41-43-45-47-53(68)52(51-75-63-61(74)59(72)62(55(50-67)77-63)78-64-60(73)58(71)57(70)54(49-66)76-64)65-56(69)48-46-44-42-40-38-36-34-32-30-27-24-22-20-18-16-14-12-10-8-6-4-2/h16,18,22,24,29,31,37,39,45,47,52-55,57-64,66-68,70-74H,3-15,17,19-21,23,25-28,30,32-36,38,40-44,46,48-51H2,1-2H3,(H,65,69)/b18-16-,24-22-,31-29+,39-37+,47-45+. The number of amides is 1. The van der Waals surface area contributed by atoms with Crippen molar-refractivity contribution >= 4 is 5.91 Å². The van der Waals surface area contributed by atoms with Crippen molar-refractivity contribution in [3.63, 3.8) is 0 Å². The highest BCUT2D eigenvalue weighted by Gasteiger charge is 2.51. The summed E-state index contributed by atoms with van der Waals surface area (Å²) in [5, 5.41) is 87.2. The Morgan fingerprint density at radius 2 is 0.859 bits per heavy atom. The van der Waals surface area contributed by atoms with Crippen LogP contribution in [0.2, 0.25) is 0 Å². The molecule has 2 heterocycles. The van der Waals surface area contributed by atoms with E-state index >= 15 is 0 Å². The van der Waals surface area contributed by atoms with Gasteiger partial charge in [0.25, 0.3) is 0 Å². The highest BCUT2D eigenvalue weighted by Crippen LogP contribution is 2.30. The molecule has 2 aliphatic heterocycles. The maximum Gasteiger partial charge on any atom is 0.220 e. The fourth-order valence-electron chi connectivity index (χ4n) is 10.1. The number of ether oxygens (including phenoxy) is 4. The number of rotatable bonds is 50. The third kappa shape index (κ3) is 34.2. The Labute approximate surface area is 473 Å². The van der Waals surface area contributed by atoms with E-state index in [0.29, 0.717) is 12.8 Å². The molecule has 14 nitrogen and oxygen atoms in total. The van der Waals surface area contributed by atoms with Crippen molar-refractivity contribution < 1.29 is 64.6 Å². The number of nitrogens with one attached hydrogen (secondary N) is 1. The number of unbranched alkanes of at least 4 members (excludes halogenated alkanes) is 29. The first-order chi connectivity index (χ1) is 38.1. The Hall–Kier alpha value is -2.31. The average molecular weight is 1110 g/mol. The highest BCUT2D eigenvalue weighted by molar-refractivity contribution is 5.76. The first-order valence-electron chi connectivity index (χ1n) is 31.5. The van der Waals surface area contributed by atoms with Gasteiger partial charge in [0.05, 0.1) is 32.0 Å². The lowest BCUT2D eigenvalue weighted by Crippen LogP contribution is -2.65. The van der Waals surface area contributed by atoms with E-state index in [9.17, 15) is 45.6 Å². The molecule has 0 aromatic carbocycles. The van der Waals surface area contributed by atoms with E-state index < -0.39 is 86.8 Å². The van der Waals surface area contributed by atoms with Crippen LogP contribution in [0, 0.1) is 0 Å². The third-order valence-corrected chi connectivity index (χ3v) is 15.2. The van der Waals surface area contributed by atoms with E-state index in [0.717, 1.165) is 57.8 Å². The van der Waals surface area contributed by atoms with Crippen LogP contribution < -0.4 is 5.32 Å². The molecule has 454 valence electrons. The van der Waals surface area contributed by atoms with Gasteiger partial charge in [0.15, 0.2) is 12.6 Å². The average Bonchev–Trinajstić information content (AvgIpc) is 3.48. The molecule has 0 aromatic heterocycles. The zero-order valence-electron chi connectivity index (χ0n) is 48.9. The summed E-state index contributed by atoms with van der Waals surface area (Å²) in [6.07, 6.45) is 46.9. The van der Waals surface area contributed by atoms with Crippen LogP contribution in [0.4, 0.5) is 0 Å². The lowest BCUT2D eigenvalue weighted by atomic mass is 9.97. The molecule has 2 aliphatic rings. The molecular weight excluding hydrogens is 991 g/mol. The highest BCUT2D eigenvalue weighted by atomic mass is 16.7. The number of aliphatic hydroxyl groups excluding tert-OH is 8. The molecule has 12 unspecified atom stereocenters. The summed E-state index contributed by atoms with van der Waals surface area (Å²) < 4.78 is 22.8. The van der Waals surface area contributed by atoms with Gasteiger partial charge in [-0.1, -0.05) is 222 Å². The minimum Gasteiger partial charge on any atom is -0.394 e. The molecule has 9 N–H and O–H groups in total. The normalized spacial score (nSPS) is 24.9. The van der Waals surface area contributed by atoms with Gasteiger partial charge in [0.1, 0.15) is 48.8 Å². The van der Waals surface area contributed by atoms with Crippen molar-refractivity contribution in [3.05, 3.63) is 60.8 Å². The van der Waals surface area contributed by atoms with Crippen molar-refractivity contribution in [1.29, 1.82) is 0 Å². The van der Waals surface area contributed by atoms with Crippen LogP contribution in [-0.2, 0) is 23.7 Å². The summed E-state index contributed by atoms with van der Waals surface area (Å²) in [7, 11) is 0. The van der Waals surface area contributed by atoms with Crippen molar-refractivity contribution in [1.82, 2.24) is 5.32 Å². The molecule has 78 heavy (non-hydrogen) atoms. The molecule has 0 saturated carbocycles. The monoisotopic (exact) mass is 1110 g/mol. The zero-order chi connectivity index (χ0) is 56.7. The summed E-state index contributed by atoms with van der Waals surface area (Å²) >= 11 is 0. The minimum atomic E-state index is -1.79. The van der Waals surface area contributed by atoms with E-state index in [1.807, 2.05) is 6.08 Å². The second-order valence-corrected chi connectivity index (χ2v) is 22.2. The topological polar surface area (TPSA) is 228 Å². The Morgan fingerprint density at radius 1 is 0.462 bits per heavy atom. The maximum absolute atomic E-state index is 13.3. The number of allylic oxidation sites excluding steroid dienone is 9. The van der Waals surface area contributed by atoms with Gasteiger partial charge < -0.3 is 65.1 Å². The molecule has 0 aliphatic carbocycles. The SMILES string of the molecule is CCCCCCC/C=C\C/C=C\CCCCCCCCCCCC(=O)NC(COC1OC(CO)C(OC2OC(CO)C(O)C(O)C2O)C(O)C1O)C(O)/C=C/CC/C=C/CC/C=C/CCCCCCCCCCCCCCC. The summed E-state index contributed by atoms with van der Waals surface area (Å²) in [6, 6.07) is -0.943. The van der Waals surface area contributed by atoms with E-state index in [1.54, 1.807) is 6.08 Å². The molecule has 1 amide bonds. The Bertz CT molecular complexity index is 1540. The summed E-state index contributed by atoms with van der Waals surface area (Å²) in [6.45, 7) is 2.77. The van der Waals surface area contributed by atoms with Gasteiger partial charge in [0.2, 0.25) is 5.91 Å². The van der Waals surface area contributed by atoms with E-state index in [1.165, 1.54) is 154 Å². The van der Waals surface area contributed by atoms with E-state index in [2.05, 4.69) is 67.8 Å². The second-order valence-electron chi connectivity index (χ2n) is 22.2. The third-order valence-electron chi connectivity index (χ3n) is 15.2. The van der Waals surface area contributed by atoms with Gasteiger partial charge in [-0.15, -0.1) is 0 Å². The quantitative estimate of drug-likeness (QED) is 0.0204. The van der Waals surface area contributed by atoms with Crippen LogP contribution in [-0.4, -0.2) is 140 Å². The number of hydrogen-bond acceptors (Lipinski definition) is 13. The molecule has 0 aromatic rings.